The summed E-state index contributed by atoms with van der Waals surface area (Å²) < 4.78 is 38.1. The molecule has 1 amide bonds. The third kappa shape index (κ3) is 6.81. The highest BCUT2D eigenvalue weighted by molar-refractivity contribution is 5.94. The molecule has 0 fully saturated rings. The van der Waals surface area contributed by atoms with Gasteiger partial charge in [-0.25, -0.2) is 4.98 Å². The Labute approximate surface area is 208 Å². The molecule has 0 spiro atoms. The number of carbonyl (C=O) groups excluding carboxylic acids is 1. The van der Waals surface area contributed by atoms with Gasteiger partial charge < -0.3 is 10.2 Å². The summed E-state index contributed by atoms with van der Waals surface area (Å²) in [6.45, 7) is 0.862. The number of alkyl halides is 3. The van der Waals surface area contributed by atoms with Crippen molar-refractivity contribution >= 4 is 28.3 Å². The van der Waals surface area contributed by atoms with Gasteiger partial charge in [0.25, 0.3) is 0 Å². The molecule has 0 saturated carbocycles. The Balaban J connectivity index is 1.30. The van der Waals surface area contributed by atoms with Gasteiger partial charge in [0.2, 0.25) is 5.91 Å². The largest absolute Gasteiger partial charge is 0.416 e. The summed E-state index contributed by atoms with van der Waals surface area (Å²) >= 11 is 0. The molecule has 5 nitrogen and oxygen atoms in total. The van der Waals surface area contributed by atoms with Crippen molar-refractivity contribution < 1.29 is 18.0 Å². The molecule has 186 valence electrons. The van der Waals surface area contributed by atoms with Gasteiger partial charge in [0.15, 0.2) is 0 Å². The number of anilines is 2. The number of halogens is 3. The van der Waals surface area contributed by atoms with Crippen molar-refractivity contribution in [1.82, 2.24) is 9.97 Å². The van der Waals surface area contributed by atoms with Crippen LogP contribution in [-0.2, 0) is 23.8 Å². The van der Waals surface area contributed by atoms with Crippen LogP contribution in [0.15, 0.2) is 79.1 Å². The van der Waals surface area contributed by atoms with E-state index in [1.54, 1.807) is 12.3 Å². The normalized spacial score (nSPS) is 11.4. The highest BCUT2D eigenvalue weighted by Crippen LogP contribution is 2.29. The molecule has 0 aliphatic rings. The molecule has 0 aliphatic carbocycles. The molecule has 2 aromatic heterocycles. The smallest absolute Gasteiger partial charge is 0.360 e. The van der Waals surface area contributed by atoms with Gasteiger partial charge in [0, 0.05) is 43.5 Å². The first-order chi connectivity index (χ1) is 17.3. The summed E-state index contributed by atoms with van der Waals surface area (Å²) in [7, 11) is 2.02. The molecule has 8 heteroatoms. The number of amides is 1. The van der Waals surface area contributed by atoms with E-state index in [2.05, 4.69) is 21.3 Å². The van der Waals surface area contributed by atoms with E-state index in [4.69, 9.17) is 4.98 Å². The quantitative estimate of drug-likeness (QED) is 0.298. The van der Waals surface area contributed by atoms with E-state index >= 15 is 0 Å². The Kier molecular flexibility index (Phi) is 7.83. The Morgan fingerprint density at radius 2 is 1.78 bits per heavy atom. The monoisotopic (exact) mass is 492 g/mol. The number of carbonyl (C=O) groups is 1. The van der Waals surface area contributed by atoms with Crippen LogP contribution in [0.1, 0.15) is 29.5 Å². The molecule has 0 saturated heterocycles. The van der Waals surface area contributed by atoms with Crippen LogP contribution >= 0.6 is 0 Å². The van der Waals surface area contributed by atoms with E-state index in [0.29, 0.717) is 17.7 Å². The van der Waals surface area contributed by atoms with Crippen molar-refractivity contribution in [3.05, 3.63) is 95.8 Å². The van der Waals surface area contributed by atoms with Crippen LogP contribution < -0.4 is 10.2 Å². The molecule has 0 aliphatic heterocycles. The maximum absolute atomic E-state index is 12.7. The fourth-order valence-electron chi connectivity index (χ4n) is 3.93. The lowest BCUT2D eigenvalue weighted by atomic mass is 10.1. The van der Waals surface area contributed by atoms with Gasteiger partial charge in [-0.3, -0.25) is 9.78 Å². The molecule has 0 unspecified atom stereocenters. The second-order valence-electron chi connectivity index (χ2n) is 8.71. The number of aryl methyl sites for hydroxylation is 2. The van der Waals surface area contributed by atoms with E-state index in [1.807, 2.05) is 43.6 Å². The van der Waals surface area contributed by atoms with Crippen molar-refractivity contribution in [3.8, 4) is 0 Å². The number of fused-ring (bicyclic) bond motifs is 1. The van der Waals surface area contributed by atoms with Crippen LogP contribution in [0.25, 0.3) is 10.9 Å². The Morgan fingerprint density at radius 1 is 0.972 bits per heavy atom. The van der Waals surface area contributed by atoms with Crippen LogP contribution in [0.2, 0.25) is 0 Å². The van der Waals surface area contributed by atoms with Crippen molar-refractivity contribution in [1.29, 1.82) is 0 Å². The molecule has 0 bridgehead atoms. The molecule has 4 rings (SSSR count). The molecule has 4 aromatic rings. The Bertz CT molecular complexity index is 1310. The average molecular weight is 493 g/mol. The first kappa shape index (κ1) is 25.2. The predicted octanol–water partition coefficient (Wildman–Crippen LogP) is 6.29. The molecule has 0 radical (unpaired) electrons. The third-order valence-electron chi connectivity index (χ3n) is 5.95. The van der Waals surface area contributed by atoms with Crippen molar-refractivity contribution in [2.24, 2.45) is 0 Å². The number of pyridine rings is 2. The molecular formula is C28H27F3N4O. The number of hydrogen-bond acceptors (Lipinski definition) is 4. The van der Waals surface area contributed by atoms with Crippen molar-refractivity contribution in [3.63, 3.8) is 0 Å². The predicted molar refractivity (Wildman–Crippen MR) is 136 cm³/mol. The number of hydrogen-bond donors (Lipinski definition) is 1. The number of nitrogens with one attached hydrogen (secondary N) is 1. The van der Waals surface area contributed by atoms with Crippen molar-refractivity contribution in [2.75, 3.05) is 23.8 Å². The van der Waals surface area contributed by atoms with Gasteiger partial charge in [-0.1, -0.05) is 18.2 Å². The van der Waals surface area contributed by atoms with Gasteiger partial charge in [0.1, 0.15) is 5.82 Å². The summed E-state index contributed by atoms with van der Waals surface area (Å²) in [6.07, 6.45) is 1.76. The first-order valence-corrected chi connectivity index (χ1v) is 11.7. The SMILES string of the molecule is CN(CCCc1cccnc1)c1ccc2cc(NC(=O)CCc3ccc(C(F)(F)F)cc3)ccc2n1. The maximum atomic E-state index is 12.7. The number of aromatic nitrogens is 2. The second-order valence-corrected chi connectivity index (χ2v) is 8.71. The second kappa shape index (κ2) is 11.2. The molecule has 36 heavy (non-hydrogen) atoms. The summed E-state index contributed by atoms with van der Waals surface area (Å²) in [5.41, 5.74) is 2.68. The zero-order valence-electron chi connectivity index (χ0n) is 19.9. The Morgan fingerprint density at radius 3 is 2.50 bits per heavy atom. The molecule has 1 N–H and O–H groups in total. The zero-order chi connectivity index (χ0) is 25.5. The fourth-order valence-corrected chi connectivity index (χ4v) is 3.93. The van der Waals surface area contributed by atoms with E-state index in [1.165, 1.54) is 17.7 Å². The van der Waals surface area contributed by atoms with Crippen LogP contribution in [0.4, 0.5) is 24.7 Å². The minimum Gasteiger partial charge on any atom is -0.360 e. The average Bonchev–Trinajstić information content (AvgIpc) is 2.87. The van der Waals surface area contributed by atoms with Crippen LogP contribution in [0.5, 0.6) is 0 Å². The van der Waals surface area contributed by atoms with E-state index in [-0.39, 0.29) is 12.3 Å². The third-order valence-corrected chi connectivity index (χ3v) is 5.95. The van der Waals surface area contributed by atoms with Crippen LogP contribution in [0, 0.1) is 0 Å². The van der Waals surface area contributed by atoms with E-state index in [9.17, 15) is 18.0 Å². The minimum atomic E-state index is -4.36. The van der Waals surface area contributed by atoms with Crippen molar-refractivity contribution in [2.45, 2.75) is 31.9 Å². The van der Waals surface area contributed by atoms with Crippen LogP contribution in [0.3, 0.4) is 0 Å². The van der Waals surface area contributed by atoms with Gasteiger partial charge in [-0.15, -0.1) is 0 Å². The summed E-state index contributed by atoms with van der Waals surface area (Å²) in [5.74, 6) is 0.675. The molecular weight excluding hydrogens is 465 g/mol. The summed E-state index contributed by atoms with van der Waals surface area (Å²) in [5, 5.41) is 3.76. The lowest BCUT2D eigenvalue weighted by molar-refractivity contribution is -0.137. The maximum Gasteiger partial charge on any atom is 0.416 e. The van der Waals surface area contributed by atoms with Gasteiger partial charge >= 0.3 is 6.18 Å². The highest BCUT2D eigenvalue weighted by Gasteiger charge is 2.29. The Hall–Kier alpha value is -3.94. The van der Waals surface area contributed by atoms with E-state index < -0.39 is 11.7 Å². The molecule has 0 atom stereocenters. The number of nitrogens with zero attached hydrogens (tertiary/aromatic N) is 3. The fraction of sp³-hybridized carbons (Fsp3) is 0.250. The summed E-state index contributed by atoms with van der Waals surface area (Å²) in [6, 6.07) is 18.4. The van der Waals surface area contributed by atoms with Gasteiger partial charge in [-0.2, -0.15) is 13.2 Å². The first-order valence-electron chi connectivity index (χ1n) is 11.7. The highest BCUT2D eigenvalue weighted by atomic mass is 19.4. The van der Waals surface area contributed by atoms with Crippen LogP contribution in [-0.4, -0.2) is 29.5 Å². The number of rotatable bonds is 9. The molecule has 2 heterocycles. The number of benzene rings is 2. The van der Waals surface area contributed by atoms with E-state index in [0.717, 1.165) is 48.2 Å². The zero-order valence-corrected chi connectivity index (χ0v) is 19.9. The van der Waals surface area contributed by atoms with Gasteiger partial charge in [0.05, 0.1) is 11.1 Å². The van der Waals surface area contributed by atoms with Gasteiger partial charge in [-0.05, 0) is 78.9 Å². The summed E-state index contributed by atoms with van der Waals surface area (Å²) in [4.78, 5) is 23.4. The molecule has 2 aromatic carbocycles. The lowest BCUT2D eigenvalue weighted by Gasteiger charge is -2.18. The lowest BCUT2D eigenvalue weighted by Crippen LogP contribution is -2.20. The standard InChI is InChI=1S/C28H27F3N4O/c1-35(17-3-5-21-4-2-16-32-19-21)26-14-9-22-18-24(12-13-25(22)34-26)33-27(36)15-8-20-6-10-23(11-7-20)28(29,30)31/h2,4,6-7,9-14,16,18-19H,3,5,8,15,17H2,1H3,(H,33,36). The minimum absolute atomic E-state index is 0.171. The topological polar surface area (TPSA) is 58.1 Å².